The van der Waals surface area contributed by atoms with Crippen LogP contribution in [0.2, 0.25) is 0 Å². The van der Waals surface area contributed by atoms with E-state index in [-0.39, 0.29) is 30.6 Å². The minimum absolute atomic E-state index is 0.0357. The summed E-state index contributed by atoms with van der Waals surface area (Å²) in [6, 6.07) is 6.05. The normalized spacial score (nSPS) is 22.7. The highest BCUT2D eigenvalue weighted by atomic mass is 32.2. The van der Waals surface area contributed by atoms with Gasteiger partial charge in [0.2, 0.25) is 15.9 Å². The Hall–Kier alpha value is -1.47. The average molecular weight is 342 g/mol. The molecule has 0 radical (unpaired) electrons. The van der Waals surface area contributed by atoms with Gasteiger partial charge in [0.05, 0.1) is 11.2 Å². The molecule has 23 heavy (non-hydrogen) atoms. The predicted molar refractivity (Wildman–Crippen MR) is 86.6 cm³/mol. The first-order valence-corrected chi connectivity index (χ1v) is 9.38. The van der Waals surface area contributed by atoms with Crippen LogP contribution in [-0.4, -0.2) is 37.5 Å². The molecule has 0 aliphatic carbocycles. The van der Waals surface area contributed by atoms with Gasteiger partial charge in [-0.05, 0) is 44.4 Å². The van der Waals surface area contributed by atoms with Crippen LogP contribution in [0, 0.1) is 11.2 Å². The molecule has 5 nitrogen and oxygen atoms in total. The predicted octanol–water partition coefficient (Wildman–Crippen LogP) is 1.89. The van der Waals surface area contributed by atoms with Crippen LogP contribution in [0.25, 0.3) is 0 Å². The topological polar surface area (TPSA) is 66.5 Å². The van der Waals surface area contributed by atoms with Gasteiger partial charge in [-0.3, -0.25) is 4.79 Å². The lowest BCUT2D eigenvalue weighted by Gasteiger charge is -2.38. The molecule has 1 N–H and O–H groups in total. The highest BCUT2D eigenvalue weighted by Gasteiger charge is 2.40. The fourth-order valence-corrected chi connectivity index (χ4v) is 4.09. The average Bonchev–Trinajstić information content (AvgIpc) is 2.52. The van der Waals surface area contributed by atoms with E-state index in [4.69, 9.17) is 0 Å². The fourth-order valence-electron chi connectivity index (χ4n) is 2.84. The van der Waals surface area contributed by atoms with Gasteiger partial charge in [0.1, 0.15) is 5.82 Å². The van der Waals surface area contributed by atoms with Crippen LogP contribution >= 0.6 is 0 Å². The minimum Gasteiger partial charge on any atom is -0.352 e. The van der Waals surface area contributed by atoms with E-state index < -0.39 is 15.4 Å². The summed E-state index contributed by atoms with van der Waals surface area (Å²) in [7, 11) is -3.29. The van der Waals surface area contributed by atoms with E-state index in [9.17, 15) is 17.6 Å². The number of benzene rings is 1. The number of hydrogen-bond donors (Lipinski definition) is 1. The van der Waals surface area contributed by atoms with Crippen LogP contribution in [-0.2, 0) is 21.4 Å². The van der Waals surface area contributed by atoms with Gasteiger partial charge >= 0.3 is 0 Å². The number of rotatable bonds is 5. The van der Waals surface area contributed by atoms with Gasteiger partial charge in [0.15, 0.2) is 0 Å². The molecule has 0 spiro atoms. The minimum atomic E-state index is -3.29. The molecule has 1 aliphatic heterocycles. The van der Waals surface area contributed by atoms with Crippen molar-refractivity contribution in [2.45, 2.75) is 33.2 Å². The Morgan fingerprint density at radius 3 is 2.83 bits per heavy atom. The van der Waals surface area contributed by atoms with Crippen molar-refractivity contribution in [1.82, 2.24) is 9.62 Å². The van der Waals surface area contributed by atoms with Crippen molar-refractivity contribution in [3.05, 3.63) is 35.6 Å². The van der Waals surface area contributed by atoms with Crippen molar-refractivity contribution in [3.63, 3.8) is 0 Å². The largest absolute Gasteiger partial charge is 0.352 e. The van der Waals surface area contributed by atoms with Gasteiger partial charge in [-0.25, -0.2) is 17.1 Å². The van der Waals surface area contributed by atoms with Gasteiger partial charge < -0.3 is 5.32 Å². The molecule has 1 amide bonds. The maximum absolute atomic E-state index is 13.2. The van der Waals surface area contributed by atoms with Crippen molar-refractivity contribution in [2.75, 3.05) is 18.8 Å². The number of carbonyl (C=O) groups excluding carboxylic acids is 1. The molecule has 0 saturated carbocycles. The Balaban J connectivity index is 2.02. The highest BCUT2D eigenvalue weighted by molar-refractivity contribution is 7.89. The van der Waals surface area contributed by atoms with Crippen molar-refractivity contribution in [2.24, 2.45) is 5.41 Å². The van der Waals surface area contributed by atoms with Gasteiger partial charge in [-0.1, -0.05) is 12.1 Å². The van der Waals surface area contributed by atoms with Crippen LogP contribution in [0.4, 0.5) is 4.39 Å². The lowest BCUT2D eigenvalue weighted by atomic mass is 9.82. The van der Waals surface area contributed by atoms with Crippen LogP contribution in [0.5, 0.6) is 0 Å². The zero-order chi connectivity index (χ0) is 17.1. The number of nitrogens with one attached hydrogen (secondary N) is 1. The first-order valence-electron chi connectivity index (χ1n) is 7.77. The summed E-state index contributed by atoms with van der Waals surface area (Å²) in [6.45, 7) is 4.27. The molecule has 0 bridgehead atoms. The number of piperidine rings is 1. The molecule has 1 atom stereocenters. The van der Waals surface area contributed by atoms with Crippen LogP contribution in [0.15, 0.2) is 24.3 Å². The van der Waals surface area contributed by atoms with E-state index in [1.807, 2.05) is 0 Å². The third-order valence-electron chi connectivity index (χ3n) is 4.31. The van der Waals surface area contributed by atoms with Gasteiger partial charge in [0.25, 0.3) is 0 Å². The smallest absolute Gasteiger partial charge is 0.227 e. The molecule has 1 aromatic rings. The molecular weight excluding hydrogens is 319 g/mol. The van der Waals surface area contributed by atoms with Crippen molar-refractivity contribution in [3.8, 4) is 0 Å². The molecule has 0 aromatic heterocycles. The van der Waals surface area contributed by atoms with E-state index in [1.54, 1.807) is 26.0 Å². The maximum Gasteiger partial charge on any atom is 0.227 e. The number of sulfonamides is 1. The number of nitrogens with zero attached hydrogens (tertiary/aromatic N) is 1. The van der Waals surface area contributed by atoms with Crippen LogP contribution in [0.3, 0.4) is 0 Å². The number of amides is 1. The monoisotopic (exact) mass is 342 g/mol. The quantitative estimate of drug-likeness (QED) is 0.889. The van der Waals surface area contributed by atoms with Gasteiger partial charge in [-0.15, -0.1) is 0 Å². The van der Waals surface area contributed by atoms with E-state index in [2.05, 4.69) is 5.32 Å². The summed E-state index contributed by atoms with van der Waals surface area (Å²) in [4.78, 5) is 12.5. The number of carbonyl (C=O) groups is 1. The van der Waals surface area contributed by atoms with Crippen molar-refractivity contribution < 1.29 is 17.6 Å². The molecule has 1 fully saturated rings. The van der Waals surface area contributed by atoms with E-state index >= 15 is 0 Å². The van der Waals surface area contributed by atoms with Crippen molar-refractivity contribution >= 4 is 15.9 Å². The summed E-state index contributed by atoms with van der Waals surface area (Å²) in [5, 5.41) is 2.80. The lowest BCUT2D eigenvalue weighted by Crippen LogP contribution is -2.52. The molecule has 128 valence electrons. The van der Waals surface area contributed by atoms with E-state index in [1.165, 1.54) is 16.4 Å². The molecule has 1 saturated heterocycles. The summed E-state index contributed by atoms with van der Waals surface area (Å²) in [6.07, 6.45) is 1.29. The summed E-state index contributed by atoms with van der Waals surface area (Å²) < 4.78 is 38.6. The van der Waals surface area contributed by atoms with Crippen LogP contribution in [0.1, 0.15) is 32.3 Å². The molecule has 7 heteroatoms. The highest BCUT2D eigenvalue weighted by Crippen LogP contribution is 2.31. The SMILES string of the molecule is CCS(=O)(=O)N1CCCC(C)(C(=O)NCc2cccc(F)c2)C1. The second kappa shape index (κ2) is 6.97. The lowest BCUT2D eigenvalue weighted by molar-refractivity contribution is -0.132. The van der Waals surface area contributed by atoms with Gasteiger partial charge in [0, 0.05) is 19.6 Å². The summed E-state index contributed by atoms with van der Waals surface area (Å²) in [5.41, 5.74) is -0.0795. The van der Waals surface area contributed by atoms with E-state index in [0.717, 1.165) is 0 Å². The number of halogens is 1. The second-order valence-corrected chi connectivity index (χ2v) is 8.47. The van der Waals surface area contributed by atoms with Gasteiger partial charge in [-0.2, -0.15) is 0 Å². The molecule has 1 aliphatic rings. The number of hydrogen-bond acceptors (Lipinski definition) is 3. The maximum atomic E-state index is 13.2. The van der Waals surface area contributed by atoms with Crippen LogP contribution < -0.4 is 5.32 Å². The standard InChI is InChI=1S/C16H23FN2O3S/c1-3-23(21,22)19-9-5-8-16(2,12-19)15(20)18-11-13-6-4-7-14(17)10-13/h4,6-7,10H,3,5,8-9,11-12H2,1-2H3,(H,18,20). The summed E-state index contributed by atoms with van der Waals surface area (Å²) in [5.74, 6) is -0.507. The Morgan fingerprint density at radius 2 is 2.17 bits per heavy atom. The first-order chi connectivity index (χ1) is 10.8. The Morgan fingerprint density at radius 1 is 1.43 bits per heavy atom. The molecule has 1 unspecified atom stereocenters. The third-order valence-corrected chi connectivity index (χ3v) is 6.14. The molecule has 1 heterocycles. The Bertz CT molecular complexity index is 678. The Labute approximate surface area is 136 Å². The van der Waals surface area contributed by atoms with E-state index in [0.29, 0.717) is 24.9 Å². The zero-order valence-electron chi connectivity index (χ0n) is 13.5. The van der Waals surface area contributed by atoms with Crippen molar-refractivity contribution in [1.29, 1.82) is 0 Å². The molecule has 1 aromatic carbocycles. The summed E-state index contributed by atoms with van der Waals surface area (Å²) >= 11 is 0. The fraction of sp³-hybridized carbons (Fsp3) is 0.562. The second-order valence-electron chi connectivity index (χ2n) is 6.21. The molecule has 2 rings (SSSR count). The Kier molecular flexibility index (Phi) is 5.41. The third kappa shape index (κ3) is 4.29. The first kappa shape index (κ1) is 17.9. The zero-order valence-corrected chi connectivity index (χ0v) is 14.3. The molecular formula is C16H23FN2O3S.